The number of hydrogen-bond donors (Lipinski definition) is 0. The fourth-order valence-electron chi connectivity index (χ4n) is 8.62. The van der Waals surface area contributed by atoms with E-state index in [1.54, 1.807) is 0 Å². The first-order valence-corrected chi connectivity index (χ1v) is 19.4. The summed E-state index contributed by atoms with van der Waals surface area (Å²) in [5.74, 6) is 0. The van der Waals surface area contributed by atoms with E-state index < -0.39 is 0 Å². The molecule has 0 saturated heterocycles. The maximum Gasteiger partial charge on any atom is 0.145 e. The van der Waals surface area contributed by atoms with Crippen molar-refractivity contribution in [3.8, 4) is 39.1 Å². The zero-order chi connectivity index (χ0) is 37.7. The lowest BCUT2D eigenvalue weighted by Crippen LogP contribution is -2.12. The molecular formula is C54H36N2O. The van der Waals surface area contributed by atoms with Crippen molar-refractivity contribution in [3.05, 3.63) is 218 Å². The Morgan fingerprint density at radius 3 is 1.68 bits per heavy atom. The molecule has 0 aliphatic heterocycles. The second kappa shape index (κ2) is 13.6. The van der Waals surface area contributed by atoms with E-state index in [9.17, 15) is 0 Å². The zero-order valence-corrected chi connectivity index (χ0v) is 31.1. The highest BCUT2D eigenvalue weighted by Crippen LogP contribution is 2.49. The van der Waals surface area contributed by atoms with Crippen LogP contribution in [0, 0.1) is 0 Å². The average molecular weight is 729 g/mol. The number of furan rings is 1. The van der Waals surface area contributed by atoms with Gasteiger partial charge in [-0.2, -0.15) is 0 Å². The predicted octanol–water partition coefficient (Wildman–Crippen LogP) is 15.2. The van der Waals surface area contributed by atoms with Gasteiger partial charge in [-0.3, -0.25) is 0 Å². The van der Waals surface area contributed by atoms with Gasteiger partial charge >= 0.3 is 0 Å². The number of para-hydroxylation sites is 4. The van der Waals surface area contributed by atoms with Crippen LogP contribution in [0.3, 0.4) is 0 Å². The van der Waals surface area contributed by atoms with E-state index in [-0.39, 0.29) is 0 Å². The normalized spacial score (nSPS) is 11.5. The Morgan fingerprint density at radius 2 is 0.947 bits per heavy atom. The monoisotopic (exact) mass is 728 g/mol. The summed E-state index contributed by atoms with van der Waals surface area (Å²) in [4.78, 5) is 2.41. The van der Waals surface area contributed by atoms with Crippen LogP contribution in [-0.2, 0) is 0 Å². The molecule has 0 fully saturated rings. The number of fused-ring (bicyclic) bond motifs is 6. The second-order valence-electron chi connectivity index (χ2n) is 14.5. The Labute approximate surface area is 330 Å². The molecule has 3 nitrogen and oxygen atoms in total. The molecule has 57 heavy (non-hydrogen) atoms. The number of anilines is 3. The molecule has 2 aromatic heterocycles. The lowest BCUT2D eigenvalue weighted by atomic mass is 9.96. The van der Waals surface area contributed by atoms with Gasteiger partial charge in [0.05, 0.1) is 22.4 Å². The summed E-state index contributed by atoms with van der Waals surface area (Å²) >= 11 is 0. The molecule has 0 saturated carbocycles. The predicted molar refractivity (Wildman–Crippen MR) is 239 cm³/mol. The summed E-state index contributed by atoms with van der Waals surface area (Å²) in [5, 5.41) is 4.66. The minimum absolute atomic E-state index is 0.858. The van der Waals surface area contributed by atoms with Crippen molar-refractivity contribution in [2.24, 2.45) is 0 Å². The molecule has 2 heterocycles. The first kappa shape index (κ1) is 32.8. The van der Waals surface area contributed by atoms with Gasteiger partial charge < -0.3 is 13.9 Å². The summed E-state index contributed by atoms with van der Waals surface area (Å²) in [6, 6.07) is 78.1. The van der Waals surface area contributed by atoms with Crippen molar-refractivity contribution in [3.63, 3.8) is 0 Å². The number of hydrogen-bond acceptors (Lipinski definition) is 2. The van der Waals surface area contributed by atoms with E-state index in [1.165, 1.54) is 32.9 Å². The van der Waals surface area contributed by atoms with Gasteiger partial charge in [0.2, 0.25) is 0 Å². The van der Waals surface area contributed by atoms with Crippen molar-refractivity contribution in [1.82, 2.24) is 4.57 Å². The lowest BCUT2D eigenvalue weighted by Gasteiger charge is -2.30. The average Bonchev–Trinajstić information content (AvgIpc) is 3.83. The standard InChI is InChI=1S/C54H36N2O/c1-3-16-37(17-4-1)38-30-32-41(33-31-38)55(48-26-11-7-22-43(48)39-18-5-2-6-19-39)51-35-34-47-46-25-10-14-29-52(46)57-54(47)53(51)40-20-15-21-42(36-40)56-49-27-12-8-23-44(49)45-24-9-13-28-50(45)56/h1-36H. The van der Waals surface area contributed by atoms with E-state index in [4.69, 9.17) is 4.42 Å². The maximum atomic E-state index is 6.93. The van der Waals surface area contributed by atoms with Gasteiger partial charge in [-0.25, -0.2) is 0 Å². The van der Waals surface area contributed by atoms with Crippen LogP contribution in [0.5, 0.6) is 0 Å². The van der Waals surface area contributed by atoms with Crippen LogP contribution >= 0.6 is 0 Å². The summed E-state index contributed by atoms with van der Waals surface area (Å²) in [5.41, 5.74) is 15.1. The molecule has 0 atom stereocenters. The highest BCUT2D eigenvalue weighted by atomic mass is 16.3. The molecule has 0 aliphatic rings. The number of nitrogens with zero attached hydrogens (tertiary/aromatic N) is 2. The third-order valence-electron chi connectivity index (χ3n) is 11.2. The van der Waals surface area contributed by atoms with Gasteiger partial charge in [-0.1, -0.05) is 158 Å². The van der Waals surface area contributed by atoms with E-state index in [0.717, 1.165) is 66.9 Å². The highest BCUT2D eigenvalue weighted by molar-refractivity contribution is 6.14. The first-order chi connectivity index (χ1) is 28.3. The van der Waals surface area contributed by atoms with Crippen LogP contribution in [0.25, 0.3) is 82.8 Å². The zero-order valence-electron chi connectivity index (χ0n) is 31.1. The van der Waals surface area contributed by atoms with Crippen molar-refractivity contribution < 1.29 is 4.42 Å². The van der Waals surface area contributed by atoms with Gasteiger partial charge in [0.15, 0.2) is 0 Å². The molecule has 3 heteroatoms. The fourth-order valence-corrected chi connectivity index (χ4v) is 8.62. The van der Waals surface area contributed by atoms with Crippen LogP contribution in [0.1, 0.15) is 0 Å². The molecule has 0 bridgehead atoms. The summed E-state index contributed by atoms with van der Waals surface area (Å²) in [6.45, 7) is 0. The van der Waals surface area contributed by atoms with Crippen LogP contribution in [-0.4, -0.2) is 4.57 Å². The van der Waals surface area contributed by atoms with Crippen LogP contribution < -0.4 is 4.90 Å². The SMILES string of the molecule is c1ccc(-c2ccc(N(c3ccccc3-c3ccccc3)c3ccc4c(oc5ccccc54)c3-c3cccc(-n4c5ccccc5c5ccccc54)c3)cc2)cc1. The molecule has 0 aliphatic carbocycles. The largest absolute Gasteiger partial charge is 0.455 e. The number of rotatable bonds is 7. The first-order valence-electron chi connectivity index (χ1n) is 19.4. The summed E-state index contributed by atoms with van der Waals surface area (Å²) in [7, 11) is 0. The molecule has 0 spiro atoms. The molecule has 11 rings (SSSR count). The van der Waals surface area contributed by atoms with Crippen LogP contribution in [0.4, 0.5) is 17.1 Å². The van der Waals surface area contributed by atoms with Crippen LogP contribution in [0.2, 0.25) is 0 Å². The number of benzene rings is 9. The molecule has 11 aromatic rings. The molecule has 0 amide bonds. The minimum Gasteiger partial charge on any atom is -0.455 e. The molecule has 0 N–H and O–H groups in total. The Balaban J connectivity index is 1.20. The van der Waals surface area contributed by atoms with E-state index >= 15 is 0 Å². The molecule has 0 radical (unpaired) electrons. The molecule has 9 aromatic carbocycles. The maximum absolute atomic E-state index is 6.93. The van der Waals surface area contributed by atoms with Crippen molar-refractivity contribution in [2.75, 3.05) is 4.90 Å². The van der Waals surface area contributed by atoms with Gasteiger partial charge in [-0.15, -0.1) is 0 Å². The highest BCUT2D eigenvalue weighted by Gasteiger charge is 2.25. The Hall–Kier alpha value is -7.62. The second-order valence-corrected chi connectivity index (χ2v) is 14.5. The third kappa shape index (κ3) is 5.51. The summed E-state index contributed by atoms with van der Waals surface area (Å²) in [6.07, 6.45) is 0. The topological polar surface area (TPSA) is 21.3 Å². The molecular weight excluding hydrogens is 693 g/mol. The van der Waals surface area contributed by atoms with Gasteiger partial charge in [0.1, 0.15) is 11.2 Å². The van der Waals surface area contributed by atoms with Crippen LogP contribution in [0.15, 0.2) is 223 Å². The molecule has 0 unspecified atom stereocenters. The van der Waals surface area contributed by atoms with Crippen molar-refractivity contribution >= 4 is 60.8 Å². The van der Waals surface area contributed by atoms with Crippen molar-refractivity contribution in [1.29, 1.82) is 0 Å². The smallest absolute Gasteiger partial charge is 0.145 e. The van der Waals surface area contributed by atoms with Crippen molar-refractivity contribution in [2.45, 2.75) is 0 Å². The van der Waals surface area contributed by atoms with E-state index in [2.05, 4.69) is 222 Å². The Bertz CT molecular complexity index is 3180. The fraction of sp³-hybridized carbons (Fsp3) is 0. The van der Waals surface area contributed by atoms with E-state index in [0.29, 0.717) is 0 Å². The van der Waals surface area contributed by atoms with E-state index in [1.807, 2.05) is 6.07 Å². The number of aromatic nitrogens is 1. The Kier molecular flexibility index (Phi) is 7.82. The molecule has 268 valence electrons. The Morgan fingerprint density at radius 1 is 0.368 bits per heavy atom. The minimum atomic E-state index is 0.858. The third-order valence-corrected chi connectivity index (χ3v) is 11.2. The van der Waals surface area contributed by atoms with Gasteiger partial charge in [0, 0.05) is 44.0 Å². The quantitative estimate of drug-likeness (QED) is 0.163. The van der Waals surface area contributed by atoms with Gasteiger partial charge in [-0.05, 0) is 82.9 Å². The van der Waals surface area contributed by atoms with Gasteiger partial charge in [0.25, 0.3) is 0 Å². The lowest BCUT2D eigenvalue weighted by molar-refractivity contribution is 0.670. The summed E-state index contributed by atoms with van der Waals surface area (Å²) < 4.78 is 9.32.